The minimum atomic E-state index is -0.117. The van der Waals surface area contributed by atoms with Crippen LogP contribution in [0.15, 0.2) is 18.2 Å². The summed E-state index contributed by atoms with van der Waals surface area (Å²) >= 11 is 0. The van der Waals surface area contributed by atoms with Crippen molar-refractivity contribution in [2.24, 2.45) is 5.92 Å². The summed E-state index contributed by atoms with van der Waals surface area (Å²) in [6, 6.07) is 5.63. The molecule has 1 aromatic rings. The molecule has 2 unspecified atom stereocenters. The van der Waals surface area contributed by atoms with E-state index in [4.69, 9.17) is 0 Å². The second-order valence-electron chi connectivity index (χ2n) is 5.22. The summed E-state index contributed by atoms with van der Waals surface area (Å²) in [5.74, 6) is 0.726. The summed E-state index contributed by atoms with van der Waals surface area (Å²) in [5.41, 5.74) is 2.35. The van der Waals surface area contributed by atoms with Crippen LogP contribution >= 0.6 is 0 Å². The first-order valence-corrected chi connectivity index (χ1v) is 6.67. The summed E-state index contributed by atoms with van der Waals surface area (Å²) in [5, 5.41) is 3.56. The largest absolute Gasteiger partial charge is 0.314 e. The fraction of sp³-hybridized carbons (Fsp3) is 0.600. The Bertz CT molecular complexity index is 375. The molecule has 1 aromatic carbocycles. The highest BCUT2D eigenvalue weighted by Crippen LogP contribution is 2.22. The number of aryl methyl sites for hydroxylation is 1. The molecule has 1 heterocycles. The van der Waals surface area contributed by atoms with E-state index in [2.05, 4.69) is 19.2 Å². The van der Waals surface area contributed by atoms with E-state index in [0.29, 0.717) is 6.04 Å². The summed E-state index contributed by atoms with van der Waals surface area (Å²) < 4.78 is 13.2. The van der Waals surface area contributed by atoms with Crippen molar-refractivity contribution >= 4 is 0 Å². The van der Waals surface area contributed by atoms with Crippen LogP contribution in [0.3, 0.4) is 0 Å². The Kier molecular flexibility index (Phi) is 4.16. The van der Waals surface area contributed by atoms with Gasteiger partial charge in [0.25, 0.3) is 0 Å². The van der Waals surface area contributed by atoms with Gasteiger partial charge in [-0.2, -0.15) is 0 Å². The predicted octanol–water partition coefficient (Wildman–Crippen LogP) is 3.45. The van der Waals surface area contributed by atoms with Gasteiger partial charge in [0.1, 0.15) is 5.82 Å². The van der Waals surface area contributed by atoms with E-state index in [-0.39, 0.29) is 5.82 Å². The number of nitrogens with one attached hydrogen (secondary N) is 1. The van der Waals surface area contributed by atoms with Crippen LogP contribution < -0.4 is 5.32 Å². The van der Waals surface area contributed by atoms with Crippen molar-refractivity contribution in [2.45, 2.75) is 45.6 Å². The van der Waals surface area contributed by atoms with Crippen molar-refractivity contribution < 1.29 is 4.39 Å². The van der Waals surface area contributed by atoms with Crippen molar-refractivity contribution in [3.63, 3.8) is 0 Å². The highest BCUT2D eigenvalue weighted by atomic mass is 19.1. The van der Waals surface area contributed by atoms with Crippen molar-refractivity contribution in [1.82, 2.24) is 5.32 Å². The molecule has 0 aromatic heterocycles. The fourth-order valence-corrected chi connectivity index (χ4v) is 2.75. The van der Waals surface area contributed by atoms with E-state index in [9.17, 15) is 4.39 Å². The third-order valence-corrected chi connectivity index (χ3v) is 3.96. The van der Waals surface area contributed by atoms with Gasteiger partial charge < -0.3 is 5.32 Å². The van der Waals surface area contributed by atoms with Crippen LogP contribution in [0.1, 0.15) is 37.3 Å². The van der Waals surface area contributed by atoms with Gasteiger partial charge in [-0.15, -0.1) is 0 Å². The maximum absolute atomic E-state index is 13.2. The van der Waals surface area contributed by atoms with Crippen LogP contribution in [0, 0.1) is 18.7 Å². The van der Waals surface area contributed by atoms with Gasteiger partial charge in [-0.25, -0.2) is 4.39 Å². The molecule has 0 saturated carbocycles. The first-order valence-electron chi connectivity index (χ1n) is 6.67. The predicted molar refractivity (Wildman–Crippen MR) is 69.6 cm³/mol. The van der Waals surface area contributed by atoms with Crippen LogP contribution in [-0.2, 0) is 6.42 Å². The lowest BCUT2D eigenvalue weighted by atomic mass is 9.87. The van der Waals surface area contributed by atoms with E-state index in [0.717, 1.165) is 24.4 Å². The smallest absolute Gasteiger partial charge is 0.123 e. The van der Waals surface area contributed by atoms with E-state index >= 15 is 0 Å². The molecule has 2 heteroatoms. The number of piperidine rings is 1. The van der Waals surface area contributed by atoms with Gasteiger partial charge in [0, 0.05) is 6.04 Å². The molecule has 94 valence electrons. The Hall–Kier alpha value is -0.890. The molecule has 1 nitrogen and oxygen atoms in total. The van der Waals surface area contributed by atoms with E-state index < -0.39 is 0 Å². The molecular formula is C15H22FN. The molecule has 0 amide bonds. The summed E-state index contributed by atoms with van der Waals surface area (Å²) in [7, 11) is 0. The van der Waals surface area contributed by atoms with Crippen molar-refractivity contribution in [2.75, 3.05) is 6.54 Å². The first kappa shape index (κ1) is 12.6. The van der Waals surface area contributed by atoms with Crippen LogP contribution in [0.4, 0.5) is 4.39 Å². The van der Waals surface area contributed by atoms with Gasteiger partial charge in [0.2, 0.25) is 0 Å². The molecule has 1 N–H and O–H groups in total. The summed E-state index contributed by atoms with van der Waals surface area (Å²) in [6.07, 6.45) is 4.74. The van der Waals surface area contributed by atoms with Gasteiger partial charge in [0.15, 0.2) is 0 Å². The Morgan fingerprint density at radius 3 is 3.00 bits per heavy atom. The Morgan fingerprint density at radius 2 is 2.24 bits per heavy atom. The topological polar surface area (TPSA) is 12.0 Å². The average Bonchev–Trinajstić information content (AvgIpc) is 2.34. The monoisotopic (exact) mass is 235 g/mol. The second kappa shape index (κ2) is 5.63. The second-order valence-corrected chi connectivity index (χ2v) is 5.22. The van der Waals surface area contributed by atoms with Crippen molar-refractivity contribution in [1.29, 1.82) is 0 Å². The Morgan fingerprint density at radius 1 is 1.41 bits per heavy atom. The van der Waals surface area contributed by atoms with Crippen molar-refractivity contribution in [3.8, 4) is 0 Å². The van der Waals surface area contributed by atoms with Crippen LogP contribution in [-0.4, -0.2) is 12.6 Å². The summed E-state index contributed by atoms with van der Waals surface area (Å²) in [4.78, 5) is 0. The molecule has 0 bridgehead atoms. The number of halogens is 1. The number of benzene rings is 1. The number of rotatable bonds is 3. The molecule has 0 radical (unpaired) electrons. The minimum Gasteiger partial charge on any atom is -0.314 e. The zero-order valence-electron chi connectivity index (χ0n) is 10.8. The number of hydrogen-bond donors (Lipinski definition) is 1. The molecule has 0 spiro atoms. The van der Waals surface area contributed by atoms with Gasteiger partial charge in [0.05, 0.1) is 0 Å². The average molecular weight is 235 g/mol. The molecule has 2 rings (SSSR count). The van der Waals surface area contributed by atoms with E-state index in [1.807, 2.05) is 6.07 Å². The SMILES string of the molecule is CCC1CCNC(Cc2cc(F)ccc2C)C1. The third-order valence-electron chi connectivity index (χ3n) is 3.96. The van der Waals surface area contributed by atoms with E-state index in [1.165, 1.54) is 24.8 Å². The molecule has 17 heavy (non-hydrogen) atoms. The maximum atomic E-state index is 13.2. The molecule has 2 atom stereocenters. The lowest BCUT2D eigenvalue weighted by molar-refractivity contribution is 0.293. The zero-order chi connectivity index (χ0) is 12.3. The normalized spacial score (nSPS) is 24.9. The molecular weight excluding hydrogens is 213 g/mol. The maximum Gasteiger partial charge on any atom is 0.123 e. The Labute approximate surface area is 103 Å². The van der Waals surface area contributed by atoms with Gasteiger partial charge in [-0.3, -0.25) is 0 Å². The quantitative estimate of drug-likeness (QED) is 0.846. The number of hydrogen-bond acceptors (Lipinski definition) is 1. The van der Waals surface area contributed by atoms with E-state index in [1.54, 1.807) is 12.1 Å². The lowest BCUT2D eigenvalue weighted by Crippen LogP contribution is -2.39. The molecule has 1 saturated heterocycles. The van der Waals surface area contributed by atoms with Crippen LogP contribution in [0.5, 0.6) is 0 Å². The molecule has 0 aliphatic carbocycles. The third kappa shape index (κ3) is 3.29. The molecule has 1 fully saturated rings. The van der Waals surface area contributed by atoms with Crippen LogP contribution in [0.2, 0.25) is 0 Å². The summed E-state index contributed by atoms with van der Waals surface area (Å²) in [6.45, 7) is 5.44. The molecule has 1 aliphatic rings. The van der Waals surface area contributed by atoms with Crippen LogP contribution in [0.25, 0.3) is 0 Å². The minimum absolute atomic E-state index is 0.117. The first-order chi connectivity index (χ1) is 8.19. The fourth-order valence-electron chi connectivity index (χ4n) is 2.75. The molecule has 1 aliphatic heterocycles. The van der Waals surface area contributed by atoms with Gasteiger partial charge in [-0.05, 0) is 61.9 Å². The van der Waals surface area contributed by atoms with Gasteiger partial charge >= 0.3 is 0 Å². The highest BCUT2D eigenvalue weighted by molar-refractivity contribution is 5.27. The highest BCUT2D eigenvalue weighted by Gasteiger charge is 2.20. The standard InChI is InChI=1S/C15H22FN/c1-3-12-6-7-17-15(8-12)10-13-9-14(16)5-4-11(13)2/h4-5,9,12,15,17H,3,6-8,10H2,1-2H3. The Balaban J connectivity index is 2.02. The zero-order valence-corrected chi connectivity index (χ0v) is 10.8. The van der Waals surface area contributed by atoms with Gasteiger partial charge in [-0.1, -0.05) is 19.4 Å². The van der Waals surface area contributed by atoms with Crippen molar-refractivity contribution in [3.05, 3.63) is 35.1 Å². The lowest BCUT2D eigenvalue weighted by Gasteiger charge is -2.30.